The largest absolute Gasteiger partial charge is 0.374 e. The summed E-state index contributed by atoms with van der Waals surface area (Å²) in [6, 6.07) is 0. The van der Waals surface area contributed by atoms with Crippen molar-refractivity contribution in [3.05, 3.63) is 23.8 Å². The van der Waals surface area contributed by atoms with Crippen LogP contribution in [-0.4, -0.2) is 12.7 Å². The molecule has 106 valence electrons. The topological polar surface area (TPSA) is 9.23 Å². The maximum atomic E-state index is 6.19. The molecule has 0 N–H and O–H groups in total. The fourth-order valence-electron chi connectivity index (χ4n) is 3.77. The molecule has 3 rings (SSSR count). The fourth-order valence-corrected chi connectivity index (χ4v) is 3.77. The highest BCUT2D eigenvalue weighted by atomic mass is 16.5. The highest BCUT2D eigenvalue weighted by molar-refractivity contribution is 5.28. The van der Waals surface area contributed by atoms with Gasteiger partial charge >= 0.3 is 0 Å². The Morgan fingerprint density at radius 2 is 1.84 bits per heavy atom. The molecule has 19 heavy (non-hydrogen) atoms. The summed E-state index contributed by atoms with van der Waals surface area (Å²) < 4.78 is 6.19. The van der Waals surface area contributed by atoms with Gasteiger partial charge in [0.1, 0.15) is 0 Å². The number of allylic oxidation sites excluding steroid dienone is 2. The Balaban J connectivity index is 1.77. The molecule has 0 saturated heterocycles. The van der Waals surface area contributed by atoms with E-state index in [1.807, 2.05) is 0 Å². The van der Waals surface area contributed by atoms with Crippen molar-refractivity contribution in [1.82, 2.24) is 0 Å². The van der Waals surface area contributed by atoms with Crippen LogP contribution < -0.4 is 0 Å². The van der Waals surface area contributed by atoms with Crippen molar-refractivity contribution >= 4 is 0 Å². The van der Waals surface area contributed by atoms with E-state index in [0.29, 0.717) is 12.0 Å². The average molecular weight is 260 g/mol. The van der Waals surface area contributed by atoms with Crippen molar-refractivity contribution in [2.45, 2.75) is 52.6 Å². The van der Waals surface area contributed by atoms with E-state index in [9.17, 15) is 0 Å². The Labute approximate surface area is 118 Å². The van der Waals surface area contributed by atoms with Crippen molar-refractivity contribution in [2.24, 2.45) is 29.6 Å². The molecule has 0 amide bonds. The molecule has 2 fully saturated rings. The standard InChI is InChI=1S/C18H28O/c1-4-19-18-16(12(2)14-8-9-14)6-5-7-17(18)13(3)15-10-11-15/h5-7,12-16,18H,4,8-11H2,1-3H3. The average Bonchev–Trinajstić information content (AvgIpc) is 3.31. The van der Waals surface area contributed by atoms with Crippen LogP contribution in [-0.2, 0) is 4.74 Å². The monoisotopic (exact) mass is 260 g/mol. The molecule has 0 spiro atoms. The maximum absolute atomic E-state index is 6.19. The SMILES string of the molecule is CCOC1C(C(C)C2CC2)=CC=CC1C(C)C1CC1. The van der Waals surface area contributed by atoms with Crippen molar-refractivity contribution in [2.75, 3.05) is 6.61 Å². The molecular weight excluding hydrogens is 232 g/mol. The first-order valence-corrected chi connectivity index (χ1v) is 8.22. The summed E-state index contributed by atoms with van der Waals surface area (Å²) in [5, 5.41) is 0. The van der Waals surface area contributed by atoms with Crippen LogP contribution in [0.3, 0.4) is 0 Å². The fraction of sp³-hybridized carbons (Fsp3) is 0.778. The highest BCUT2D eigenvalue weighted by Crippen LogP contribution is 2.47. The van der Waals surface area contributed by atoms with Gasteiger partial charge in [0.2, 0.25) is 0 Å². The van der Waals surface area contributed by atoms with Crippen LogP contribution in [0.15, 0.2) is 23.8 Å². The summed E-state index contributed by atoms with van der Waals surface area (Å²) in [5.41, 5.74) is 1.57. The molecule has 2 saturated carbocycles. The minimum absolute atomic E-state index is 0.348. The van der Waals surface area contributed by atoms with Gasteiger partial charge in [-0.15, -0.1) is 0 Å². The summed E-state index contributed by atoms with van der Waals surface area (Å²) in [4.78, 5) is 0. The van der Waals surface area contributed by atoms with Crippen LogP contribution in [0.2, 0.25) is 0 Å². The van der Waals surface area contributed by atoms with Gasteiger partial charge in [0.15, 0.2) is 0 Å². The molecule has 4 unspecified atom stereocenters. The van der Waals surface area contributed by atoms with Gasteiger partial charge in [0, 0.05) is 12.5 Å². The zero-order valence-electron chi connectivity index (χ0n) is 12.6. The molecule has 0 bridgehead atoms. The second-order valence-corrected chi connectivity index (χ2v) is 6.83. The Hall–Kier alpha value is -0.560. The van der Waals surface area contributed by atoms with E-state index in [2.05, 4.69) is 39.0 Å². The third kappa shape index (κ3) is 2.81. The van der Waals surface area contributed by atoms with Crippen LogP contribution in [0.25, 0.3) is 0 Å². The van der Waals surface area contributed by atoms with Gasteiger partial charge in [0.25, 0.3) is 0 Å². The molecular formula is C18H28O. The van der Waals surface area contributed by atoms with E-state index >= 15 is 0 Å². The summed E-state index contributed by atoms with van der Waals surface area (Å²) in [6.07, 6.45) is 13.1. The Morgan fingerprint density at radius 1 is 1.16 bits per heavy atom. The predicted octanol–water partition coefficient (Wildman–Crippen LogP) is 4.60. The zero-order chi connectivity index (χ0) is 13.4. The summed E-state index contributed by atoms with van der Waals surface area (Å²) in [6.45, 7) is 7.81. The molecule has 3 aliphatic carbocycles. The van der Waals surface area contributed by atoms with E-state index in [0.717, 1.165) is 30.3 Å². The summed E-state index contributed by atoms with van der Waals surface area (Å²) in [7, 11) is 0. The lowest BCUT2D eigenvalue weighted by Gasteiger charge is -2.36. The minimum atomic E-state index is 0.348. The van der Waals surface area contributed by atoms with E-state index in [-0.39, 0.29) is 0 Å². The van der Waals surface area contributed by atoms with E-state index in [1.54, 1.807) is 5.57 Å². The molecule has 0 aromatic heterocycles. The van der Waals surface area contributed by atoms with Gasteiger partial charge in [-0.2, -0.15) is 0 Å². The molecule has 0 heterocycles. The predicted molar refractivity (Wildman–Crippen MR) is 79.9 cm³/mol. The Bertz CT molecular complexity index is 373. The molecule has 0 aromatic carbocycles. The van der Waals surface area contributed by atoms with Gasteiger partial charge in [-0.1, -0.05) is 32.1 Å². The second-order valence-electron chi connectivity index (χ2n) is 6.83. The summed E-state index contributed by atoms with van der Waals surface area (Å²) in [5.74, 6) is 3.98. The first-order chi connectivity index (χ1) is 9.22. The minimum Gasteiger partial charge on any atom is -0.374 e. The van der Waals surface area contributed by atoms with Crippen molar-refractivity contribution in [1.29, 1.82) is 0 Å². The van der Waals surface area contributed by atoms with Gasteiger partial charge in [-0.05, 0) is 61.9 Å². The highest BCUT2D eigenvalue weighted by Gasteiger charge is 2.41. The third-order valence-electron chi connectivity index (χ3n) is 5.47. The van der Waals surface area contributed by atoms with Crippen LogP contribution in [0.5, 0.6) is 0 Å². The van der Waals surface area contributed by atoms with Gasteiger partial charge < -0.3 is 4.74 Å². The van der Waals surface area contributed by atoms with E-state index in [1.165, 1.54) is 25.7 Å². The van der Waals surface area contributed by atoms with Gasteiger partial charge in [-0.25, -0.2) is 0 Å². The third-order valence-corrected chi connectivity index (χ3v) is 5.47. The maximum Gasteiger partial charge on any atom is 0.0855 e. The first-order valence-electron chi connectivity index (χ1n) is 8.22. The Kier molecular flexibility index (Phi) is 3.84. The molecule has 1 heteroatoms. The molecule has 0 radical (unpaired) electrons. The van der Waals surface area contributed by atoms with Crippen molar-refractivity contribution < 1.29 is 4.74 Å². The van der Waals surface area contributed by atoms with Crippen molar-refractivity contribution in [3.8, 4) is 0 Å². The summed E-state index contributed by atoms with van der Waals surface area (Å²) >= 11 is 0. The van der Waals surface area contributed by atoms with Crippen LogP contribution in [0.4, 0.5) is 0 Å². The Morgan fingerprint density at radius 3 is 2.42 bits per heavy atom. The lowest BCUT2D eigenvalue weighted by Crippen LogP contribution is -2.34. The molecule has 1 nitrogen and oxygen atoms in total. The lowest BCUT2D eigenvalue weighted by atomic mass is 9.76. The smallest absolute Gasteiger partial charge is 0.0855 e. The number of ether oxygens (including phenoxy) is 1. The number of rotatable bonds is 6. The molecule has 0 aromatic rings. The zero-order valence-corrected chi connectivity index (χ0v) is 12.6. The second kappa shape index (κ2) is 5.44. The van der Waals surface area contributed by atoms with E-state index in [4.69, 9.17) is 4.74 Å². The number of hydrogen-bond donors (Lipinski definition) is 0. The quantitative estimate of drug-likeness (QED) is 0.678. The first kappa shape index (κ1) is 13.4. The van der Waals surface area contributed by atoms with Gasteiger partial charge in [0.05, 0.1) is 6.10 Å². The van der Waals surface area contributed by atoms with E-state index < -0.39 is 0 Å². The normalized spacial score (nSPS) is 33.9. The van der Waals surface area contributed by atoms with Gasteiger partial charge in [-0.3, -0.25) is 0 Å². The van der Waals surface area contributed by atoms with Crippen molar-refractivity contribution in [3.63, 3.8) is 0 Å². The molecule has 0 aliphatic heterocycles. The lowest BCUT2D eigenvalue weighted by molar-refractivity contribution is 0.0317. The van der Waals surface area contributed by atoms with Crippen LogP contribution in [0.1, 0.15) is 46.5 Å². The van der Waals surface area contributed by atoms with Crippen LogP contribution >= 0.6 is 0 Å². The molecule has 3 aliphatic rings. The number of hydrogen-bond acceptors (Lipinski definition) is 1. The molecule has 4 atom stereocenters. The van der Waals surface area contributed by atoms with Crippen LogP contribution in [0, 0.1) is 29.6 Å².